The minimum Gasteiger partial charge on any atom is -0.497 e. The number of hydrogen-bond donors (Lipinski definition) is 2. The number of para-hydroxylation sites is 1. The van der Waals surface area contributed by atoms with E-state index < -0.39 is 0 Å². The molecule has 0 spiro atoms. The van der Waals surface area contributed by atoms with Crippen molar-refractivity contribution < 1.29 is 9.53 Å². The van der Waals surface area contributed by atoms with E-state index in [9.17, 15) is 4.79 Å². The topological polar surface area (TPSA) is 50.4 Å². The molecule has 0 aromatic heterocycles. The Morgan fingerprint density at radius 1 is 1.14 bits per heavy atom. The Morgan fingerprint density at radius 2 is 1.90 bits per heavy atom. The normalized spacial score (nSPS) is 11.7. The number of methoxy groups -OCH3 is 1. The summed E-state index contributed by atoms with van der Waals surface area (Å²) in [5, 5.41) is 6.08. The lowest BCUT2D eigenvalue weighted by Gasteiger charge is -2.14. The van der Waals surface area contributed by atoms with Crippen LogP contribution < -0.4 is 15.4 Å². The number of hydrogen-bond acceptors (Lipinski definition) is 3. The average Bonchev–Trinajstić information content (AvgIpc) is 2.53. The van der Waals surface area contributed by atoms with Gasteiger partial charge in [0.15, 0.2) is 0 Å². The highest BCUT2D eigenvalue weighted by Gasteiger charge is 2.12. The average molecular weight is 284 g/mol. The zero-order valence-corrected chi connectivity index (χ0v) is 12.3. The third-order valence-corrected chi connectivity index (χ3v) is 3.18. The van der Waals surface area contributed by atoms with E-state index in [-0.39, 0.29) is 11.9 Å². The largest absolute Gasteiger partial charge is 0.497 e. The minimum atomic E-state index is -0.281. The Labute approximate surface area is 125 Å². The molecule has 21 heavy (non-hydrogen) atoms. The van der Waals surface area contributed by atoms with Gasteiger partial charge in [-0.15, -0.1) is 0 Å². The van der Waals surface area contributed by atoms with Crippen molar-refractivity contribution in [3.63, 3.8) is 0 Å². The SMILES string of the molecule is COc1cccc(CNC(C)C(=O)Nc2ccccc2)c1. The summed E-state index contributed by atoms with van der Waals surface area (Å²) >= 11 is 0. The van der Waals surface area contributed by atoms with Gasteiger partial charge >= 0.3 is 0 Å². The van der Waals surface area contributed by atoms with Crippen LogP contribution in [0.2, 0.25) is 0 Å². The Kier molecular flexibility index (Phi) is 5.35. The van der Waals surface area contributed by atoms with Gasteiger partial charge in [0.25, 0.3) is 0 Å². The van der Waals surface area contributed by atoms with Crippen LogP contribution in [-0.4, -0.2) is 19.1 Å². The summed E-state index contributed by atoms with van der Waals surface area (Å²) in [5.41, 5.74) is 1.88. The van der Waals surface area contributed by atoms with Crippen LogP contribution in [0.3, 0.4) is 0 Å². The molecule has 4 heteroatoms. The number of anilines is 1. The monoisotopic (exact) mass is 284 g/mol. The van der Waals surface area contributed by atoms with Crippen molar-refractivity contribution in [1.29, 1.82) is 0 Å². The van der Waals surface area contributed by atoms with Crippen LogP contribution in [0.25, 0.3) is 0 Å². The van der Waals surface area contributed by atoms with Crippen molar-refractivity contribution in [2.75, 3.05) is 12.4 Å². The van der Waals surface area contributed by atoms with Gasteiger partial charge < -0.3 is 15.4 Å². The van der Waals surface area contributed by atoms with Crippen LogP contribution in [0.4, 0.5) is 5.69 Å². The smallest absolute Gasteiger partial charge is 0.241 e. The maximum Gasteiger partial charge on any atom is 0.241 e. The Balaban J connectivity index is 1.86. The Hall–Kier alpha value is -2.33. The highest BCUT2D eigenvalue weighted by atomic mass is 16.5. The predicted octanol–water partition coefficient (Wildman–Crippen LogP) is 2.81. The fraction of sp³-hybridized carbons (Fsp3) is 0.235. The van der Waals surface area contributed by atoms with Crippen LogP contribution in [0.1, 0.15) is 12.5 Å². The fourth-order valence-corrected chi connectivity index (χ4v) is 1.92. The maximum atomic E-state index is 12.1. The van der Waals surface area contributed by atoms with Gasteiger partial charge in [0.05, 0.1) is 13.2 Å². The fourth-order valence-electron chi connectivity index (χ4n) is 1.92. The van der Waals surface area contributed by atoms with E-state index >= 15 is 0 Å². The highest BCUT2D eigenvalue weighted by Crippen LogP contribution is 2.12. The molecule has 0 radical (unpaired) electrons. The summed E-state index contributed by atoms with van der Waals surface area (Å²) in [6.07, 6.45) is 0. The standard InChI is InChI=1S/C17H20N2O2/c1-13(17(20)19-15-8-4-3-5-9-15)18-12-14-7-6-10-16(11-14)21-2/h3-11,13,18H,12H2,1-2H3,(H,19,20). The Morgan fingerprint density at radius 3 is 2.62 bits per heavy atom. The number of ether oxygens (including phenoxy) is 1. The van der Waals surface area contributed by atoms with Crippen molar-refractivity contribution in [2.45, 2.75) is 19.5 Å². The first-order valence-corrected chi connectivity index (χ1v) is 6.91. The molecule has 1 amide bonds. The van der Waals surface area contributed by atoms with E-state index in [1.807, 2.05) is 61.5 Å². The number of rotatable bonds is 6. The molecule has 0 fully saturated rings. The second kappa shape index (κ2) is 7.45. The molecule has 110 valence electrons. The van der Waals surface area contributed by atoms with Gasteiger partial charge in [0.2, 0.25) is 5.91 Å². The van der Waals surface area contributed by atoms with Gasteiger partial charge in [-0.05, 0) is 36.8 Å². The third kappa shape index (κ3) is 4.61. The lowest BCUT2D eigenvalue weighted by molar-refractivity contribution is -0.117. The first-order chi connectivity index (χ1) is 10.2. The van der Waals surface area contributed by atoms with Gasteiger partial charge in [-0.3, -0.25) is 4.79 Å². The molecular weight excluding hydrogens is 264 g/mol. The van der Waals surface area contributed by atoms with Crippen LogP contribution >= 0.6 is 0 Å². The first kappa shape index (κ1) is 15.1. The summed E-state index contributed by atoms with van der Waals surface area (Å²) in [6.45, 7) is 2.46. The highest BCUT2D eigenvalue weighted by molar-refractivity contribution is 5.94. The molecule has 2 aromatic carbocycles. The van der Waals surface area contributed by atoms with Gasteiger partial charge in [-0.1, -0.05) is 30.3 Å². The molecule has 0 heterocycles. The molecule has 0 aliphatic rings. The van der Waals surface area contributed by atoms with Gasteiger partial charge in [0.1, 0.15) is 5.75 Å². The molecule has 0 aliphatic heterocycles. The molecule has 2 rings (SSSR count). The lowest BCUT2D eigenvalue weighted by Crippen LogP contribution is -2.37. The van der Waals surface area contributed by atoms with Crippen LogP contribution in [0.5, 0.6) is 5.75 Å². The van der Waals surface area contributed by atoms with Crippen LogP contribution in [0.15, 0.2) is 54.6 Å². The van der Waals surface area contributed by atoms with Gasteiger partial charge in [-0.2, -0.15) is 0 Å². The second-order valence-electron chi connectivity index (χ2n) is 4.81. The molecule has 0 aliphatic carbocycles. The minimum absolute atomic E-state index is 0.0518. The first-order valence-electron chi connectivity index (χ1n) is 6.91. The van der Waals surface area contributed by atoms with E-state index in [1.165, 1.54) is 0 Å². The molecule has 1 atom stereocenters. The van der Waals surface area contributed by atoms with Crippen molar-refractivity contribution >= 4 is 11.6 Å². The second-order valence-corrected chi connectivity index (χ2v) is 4.81. The Bertz CT molecular complexity index is 584. The number of carbonyl (C=O) groups excluding carboxylic acids is 1. The summed E-state index contributed by atoms with van der Waals surface area (Å²) in [5.74, 6) is 0.764. The summed E-state index contributed by atoms with van der Waals surface area (Å²) in [4.78, 5) is 12.1. The molecule has 0 saturated carbocycles. The molecule has 1 unspecified atom stereocenters. The summed E-state index contributed by atoms with van der Waals surface area (Å²) in [6, 6.07) is 16.9. The van der Waals surface area contributed by atoms with E-state index in [0.717, 1.165) is 17.0 Å². The van der Waals surface area contributed by atoms with Crippen molar-refractivity contribution in [3.05, 3.63) is 60.2 Å². The molecule has 0 saturated heterocycles. The predicted molar refractivity (Wildman–Crippen MR) is 84.4 cm³/mol. The number of nitrogens with one attached hydrogen (secondary N) is 2. The molecular formula is C17H20N2O2. The number of amides is 1. The van der Waals surface area contributed by atoms with Gasteiger partial charge in [-0.25, -0.2) is 0 Å². The van der Waals surface area contributed by atoms with E-state index in [1.54, 1.807) is 7.11 Å². The van der Waals surface area contributed by atoms with E-state index in [4.69, 9.17) is 4.74 Å². The molecule has 2 N–H and O–H groups in total. The van der Waals surface area contributed by atoms with Crippen LogP contribution in [-0.2, 0) is 11.3 Å². The maximum absolute atomic E-state index is 12.1. The molecule has 4 nitrogen and oxygen atoms in total. The zero-order valence-electron chi connectivity index (χ0n) is 12.3. The number of carbonyl (C=O) groups is 1. The zero-order chi connectivity index (χ0) is 15.1. The van der Waals surface area contributed by atoms with Crippen molar-refractivity contribution in [1.82, 2.24) is 5.32 Å². The van der Waals surface area contributed by atoms with Crippen LogP contribution in [0, 0.1) is 0 Å². The third-order valence-electron chi connectivity index (χ3n) is 3.18. The number of benzene rings is 2. The van der Waals surface area contributed by atoms with Crippen molar-refractivity contribution in [3.8, 4) is 5.75 Å². The molecule has 2 aromatic rings. The lowest BCUT2D eigenvalue weighted by atomic mass is 10.2. The van der Waals surface area contributed by atoms with E-state index in [2.05, 4.69) is 10.6 Å². The quantitative estimate of drug-likeness (QED) is 0.857. The van der Waals surface area contributed by atoms with Gasteiger partial charge in [0, 0.05) is 12.2 Å². The summed E-state index contributed by atoms with van der Waals surface area (Å²) < 4.78 is 5.18. The van der Waals surface area contributed by atoms with Crippen molar-refractivity contribution in [2.24, 2.45) is 0 Å². The summed E-state index contributed by atoms with van der Waals surface area (Å²) in [7, 11) is 1.64. The van der Waals surface area contributed by atoms with E-state index in [0.29, 0.717) is 6.54 Å². The molecule has 0 bridgehead atoms.